The fourth-order valence-corrected chi connectivity index (χ4v) is 11.0. The Kier molecular flexibility index (Phi) is 9.24. The van der Waals surface area contributed by atoms with Crippen LogP contribution in [0.25, 0.3) is 0 Å². The van der Waals surface area contributed by atoms with Gasteiger partial charge >= 0.3 is 8.32 Å². The molecule has 1 aliphatic carbocycles. The molecule has 0 aromatic heterocycles. The Morgan fingerprint density at radius 1 is 1.05 bits per heavy atom. The zero-order chi connectivity index (χ0) is 29.8. The first-order valence-corrected chi connectivity index (χ1v) is 17.1. The zero-order valence-corrected chi connectivity index (χ0v) is 26.6. The molecule has 0 spiro atoms. The fourth-order valence-electron chi connectivity index (χ4n) is 5.54. The average molecular weight is 589 g/mol. The molecule has 1 heterocycles. The molecule has 6 nitrogen and oxygen atoms in total. The van der Waals surface area contributed by atoms with Crippen LogP contribution in [0.15, 0.2) is 89.1 Å². The molecular formula is C33H40N2O4SSi. The highest BCUT2D eigenvalue weighted by atomic mass is 32.2. The van der Waals surface area contributed by atoms with E-state index >= 15 is 0 Å². The summed E-state index contributed by atoms with van der Waals surface area (Å²) in [5, 5.41) is 5.53. The molecule has 0 unspecified atom stereocenters. The number of amides is 1. The first-order valence-electron chi connectivity index (χ1n) is 14.2. The lowest BCUT2D eigenvalue weighted by Crippen LogP contribution is -2.66. The van der Waals surface area contributed by atoms with Gasteiger partial charge in [0.05, 0.1) is 6.04 Å². The summed E-state index contributed by atoms with van der Waals surface area (Å²) in [6, 6.07) is 20.3. The summed E-state index contributed by atoms with van der Waals surface area (Å²) in [5.74, 6) is 0.516. The van der Waals surface area contributed by atoms with Gasteiger partial charge in [-0.3, -0.25) is 19.4 Å². The van der Waals surface area contributed by atoms with Gasteiger partial charge in [0.1, 0.15) is 16.3 Å². The number of aliphatic imine (C=N–C) groups is 1. The lowest BCUT2D eigenvalue weighted by atomic mass is 9.92. The number of carbonyl (C=O) groups excluding carboxylic acids is 3. The van der Waals surface area contributed by atoms with E-state index in [4.69, 9.17) is 4.43 Å². The summed E-state index contributed by atoms with van der Waals surface area (Å²) >= 11 is 1.31. The third-order valence-corrected chi connectivity index (χ3v) is 14.0. The maximum Gasteiger partial charge on any atom is 0.319 e. The van der Waals surface area contributed by atoms with Crippen molar-refractivity contribution in [3.05, 3.63) is 84.1 Å². The zero-order valence-electron chi connectivity index (χ0n) is 24.8. The molecule has 1 amide bonds. The highest BCUT2D eigenvalue weighted by molar-refractivity contribution is 8.16. The van der Waals surface area contributed by atoms with Gasteiger partial charge < -0.3 is 9.74 Å². The van der Waals surface area contributed by atoms with Crippen molar-refractivity contribution in [2.24, 2.45) is 4.99 Å². The van der Waals surface area contributed by atoms with Gasteiger partial charge in [-0.1, -0.05) is 94.8 Å². The van der Waals surface area contributed by atoms with E-state index in [0.29, 0.717) is 23.0 Å². The lowest BCUT2D eigenvalue weighted by molar-refractivity contribution is -0.125. The van der Waals surface area contributed by atoms with Gasteiger partial charge in [0.2, 0.25) is 5.91 Å². The van der Waals surface area contributed by atoms with Crippen molar-refractivity contribution in [3.63, 3.8) is 0 Å². The molecule has 0 saturated carbocycles. The van der Waals surface area contributed by atoms with Crippen molar-refractivity contribution in [2.75, 3.05) is 5.75 Å². The molecule has 1 N–H and O–H groups in total. The summed E-state index contributed by atoms with van der Waals surface area (Å²) in [4.78, 5) is 42.9. The molecule has 0 radical (unpaired) electrons. The number of nitrogens with one attached hydrogen (secondary N) is 1. The van der Waals surface area contributed by atoms with Crippen LogP contribution in [0, 0.1) is 0 Å². The van der Waals surface area contributed by atoms with E-state index in [1.54, 1.807) is 13.0 Å². The number of nitrogens with zero attached hydrogens (tertiary/aromatic N) is 1. The van der Waals surface area contributed by atoms with E-state index in [9.17, 15) is 14.4 Å². The number of ketones is 2. The van der Waals surface area contributed by atoms with Crippen LogP contribution in [0.2, 0.25) is 5.04 Å². The standard InChI is InChI=1S/C33H40N2O4SSi/c1-7-14-29(34-31(38)33(6)22-40-30(35-33)23(2)36)24-19-25(37)21-26(20-24)39-41(32(3,4)5,27-15-10-8-11-16-27)28-17-12-9-13-18-28/h8-13,15-18,20-21,29H,7,14,19,22H2,1-6H3,(H,34,38)/t29-,33+/m1/s1. The van der Waals surface area contributed by atoms with Gasteiger partial charge in [-0.15, -0.1) is 11.8 Å². The summed E-state index contributed by atoms with van der Waals surface area (Å²) in [6.07, 6.45) is 5.26. The van der Waals surface area contributed by atoms with Crippen LogP contribution in [0.4, 0.5) is 0 Å². The Morgan fingerprint density at radius 3 is 2.12 bits per heavy atom. The van der Waals surface area contributed by atoms with E-state index in [0.717, 1.165) is 22.4 Å². The molecule has 2 aromatic carbocycles. The predicted molar refractivity (Wildman–Crippen MR) is 170 cm³/mol. The van der Waals surface area contributed by atoms with Gasteiger partial charge in [-0.2, -0.15) is 0 Å². The van der Waals surface area contributed by atoms with Gasteiger partial charge in [0.15, 0.2) is 11.6 Å². The number of thioether (sulfide) groups is 1. The maximum absolute atomic E-state index is 13.5. The van der Waals surface area contributed by atoms with Crippen molar-refractivity contribution in [3.8, 4) is 0 Å². The van der Waals surface area contributed by atoms with Crippen LogP contribution < -0.4 is 15.7 Å². The molecule has 41 heavy (non-hydrogen) atoms. The summed E-state index contributed by atoms with van der Waals surface area (Å²) in [7, 11) is -2.94. The molecule has 2 aromatic rings. The van der Waals surface area contributed by atoms with Crippen molar-refractivity contribution in [2.45, 2.75) is 77.4 Å². The normalized spacial score (nSPS) is 20.0. The minimum absolute atomic E-state index is 0.0506. The second-order valence-corrected chi connectivity index (χ2v) is 17.2. The molecule has 2 aliphatic rings. The van der Waals surface area contributed by atoms with Crippen molar-refractivity contribution < 1.29 is 18.8 Å². The Hall–Kier alpha value is -3.23. The molecule has 4 rings (SSSR count). The van der Waals surface area contributed by atoms with Crippen LogP contribution >= 0.6 is 11.8 Å². The van der Waals surface area contributed by atoms with Crippen LogP contribution in [0.1, 0.15) is 60.8 Å². The third kappa shape index (κ3) is 6.49. The minimum atomic E-state index is -2.94. The number of carbonyl (C=O) groups is 3. The second kappa shape index (κ2) is 12.3. The van der Waals surface area contributed by atoms with E-state index < -0.39 is 13.9 Å². The second-order valence-electron chi connectivity index (χ2n) is 12.0. The molecule has 0 bridgehead atoms. The van der Waals surface area contributed by atoms with Gasteiger partial charge in [-0.25, -0.2) is 0 Å². The third-order valence-electron chi connectivity index (χ3n) is 7.66. The number of rotatable bonds is 10. The lowest BCUT2D eigenvalue weighted by Gasteiger charge is -2.43. The van der Waals surface area contributed by atoms with E-state index in [1.807, 2.05) is 42.5 Å². The number of hydrogen-bond acceptors (Lipinski definition) is 6. The first-order chi connectivity index (χ1) is 19.4. The van der Waals surface area contributed by atoms with Crippen LogP contribution in [-0.2, 0) is 18.8 Å². The highest BCUT2D eigenvalue weighted by Gasteiger charge is 2.52. The highest BCUT2D eigenvalue weighted by Crippen LogP contribution is 2.39. The van der Waals surface area contributed by atoms with E-state index in [-0.39, 0.29) is 35.0 Å². The molecular weight excluding hydrogens is 549 g/mol. The van der Waals surface area contributed by atoms with Gasteiger partial charge in [-0.05, 0) is 40.4 Å². The van der Waals surface area contributed by atoms with Crippen molar-refractivity contribution in [1.82, 2.24) is 5.32 Å². The summed E-state index contributed by atoms with van der Waals surface area (Å²) < 4.78 is 7.14. The molecule has 1 aliphatic heterocycles. The van der Waals surface area contributed by atoms with Gasteiger partial charge in [0, 0.05) is 25.2 Å². The molecule has 2 atom stereocenters. The van der Waals surface area contributed by atoms with E-state index in [2.05, 4.69) is 62.3 Å². The molecule has 0 saturated heterocycles. The van der Waals surface area contributed by atoms with Crippen molar-refractivity contribution in [1.29, 1.82) is 0 Å². The summed E-state index contributed by atoms with van der Waals surface area (Å²) in [5.41, 5.74) is -0.202. The van der Waals surface area contributed by atoms with Crippen molar-refractivity contribution >= 4 is 53.0 Å². The topological polar surface area (TPSA) is 84.8 Å². The molecule has 0 fully saturated rings. The van der Waals surface area contributed by atoms with Crippen LogP contribution in [-0.4, -0.2) is 48.2 Å². The maximum atomic E-state index is 13.5. The monoisotopic (exact) mass is 588 g/mol. The molecule has 8 heteroatoms. The Balaban J connectivity index is 1.72. The summed E-state index contributed by atoms with van der Waals surface area (Å²) in [6.45, 7) is 11.9. The Labute approximate surface area is 248 Å². The predicted octanol–water partition coefficient (Wildman–Crippen LogP) is 5.12. The SMILES string of the molecule is CCC[C@@H](NC(=O)[C@]1(C)CSC(C(C)=O)=N1)C1=CC(O[Si](c2ccccc2)(c2ccccc2)C(C)(C)C)=CC(=O)C1. The van der Waals surface area contributed by atoms with Gasteiger partial charge in [0.25, 0.3) is 0 Å². The van der Waals surface area contributed by atoms with E-state index in [1.165, 1.54) is 18.7 Å². The minimum Gasteiger partial charge on any atom is -0.534 e. The number of Topliss-reactive ketones (excluding diaryl/α,β-unsaturated/α-hetero) is 1. The first kappa shape index (κ1) is 30.7. The van der Waals surface area contributed by atoms with Crippen LogP contribution in [0.5, 0.6) is 0 Å². The van der Waals surface area contributed by atoms with Crippen LogP contribution in [0.3, 0.4) is 0 Å². The smallest absolute Gasteiger partial charge is 0.319 e. The number of allylic oxidation sites excluding steroid dienone is 2. The number of hydrogen-bond donors (Lipinski definition) is 1. The fraction of sp³-hybridized carbons (Fsp3) is 0.394. The largest absolute Gasteiger partial charge is 0.534 e. The number of benzene rings is 2. The Morgan fingerprint density at radius 2 is 1.63 bits per heavy atom. The quantitative estimate of drug-likeness (QED) is 0.390. The average Bonchev–Trinajstić information content (AvgIpc) is 3.35. The Bertz CT molecular complexity index is 1360. The molecule has 216 valence electrons.